The van der Waals surface area contributed by atoms with Crippen molar-refractivity contribution >= 4 is 17.8 Å². The van der Waals surface area contributed by atoms with Crippen LogP contribution in [0.3, 0.4) is 0 Å². The van der Waals surface area contributed by atoms with E-state index in [-0.39, 0.29) is 5.41 Å². The zero-order chi connectivity index (χ0) is 17.4. The summed E-state index contributed by atoms with van der Waals surface area (Å²) in [6.07, 6.45) is 3.31. The topological polar surface area (TPSA) is 130 Å². The van der Waals surface area contributed by atoms with Crippen molar-refractivity contribution in [1.29, 1.82) is 0 Å². The van der Waals surface area contributed by atoms with Crippen LogP contribution in [0.2, 0.25) is 0 Å². The molecule has 0 aromatic heterocycles. The average Bonchev–Trinajstić information content (AvgIpc) is 2.85. The van der Waals surface area contributed by atoms with Gasteiger partial charge in [-0.3, -0.25) is 9.59 Å². The highest BCUT2D eigenvalue weighted by atomic mass is 16.4. The first-order valence-corrected chi connectivity index (χ1v) is 8.13. The predicted molar refractivity (Wildman–Crippen MR) is 82.5 cm³/mol. The Kier molecular flexibility index (Phi) is 4.98. The molecular formula is C16H26N2O5. The molecule has 7 nitrogen and oxygen atoms in total. The molecule has 0 heterocycles. The lowest BCUT2D eigenvalue weighted by Gasteiger charge is -2.28. The van der Waals surface area contributed by atoms with Crippen molar-refractivity contribution in [2.45, 2.75) is 58.0 Å². The third-order valence-corrected chi connectivity index (χ3v) is 5.88. The summed E-state index contributed by atoms with van der Waals surface area (Å²) in [5.74, 6) is -1.58. The summed E-state index contributed by atoms with van der Waals surface area (Å²) in [6.45, 7) is 4.49. The SMILES string of the molecule is CC1(C)C2CCC1[C@@H](C[C@H](NC(=O)C[C@H](N)C(=O)O)C(=O)O)C2. The third-order valence-electron chi connectivity index (χ3n) is 5.88. The van der Waals surface area contributed by atoms with E-state index in [4.69, 9.17) is 10.8 Å². The van der Waals surface area contributed by atoms with Crippen molar-refractivity contribution in [3.8, 4) is 0 Å². The number of hydrogen-bond donors (Lipinski definition) is 4. The number of carboxylic acid groups (broad SMARTS) is 2. The molecule has 0 aromatic carbocycles. The van der Waals surface area contributed by atoms with E-state index in [9.17, 15) is 19.5 Å². The lowest BCUT2D eigenvalue weighted by Crippen LogP contribution is -2.45. The molecule has 5 atom stereocenters. The number of carbonyl (C=O) groups is 3. The van der Waals surface area contributed by atoms with Crippen molar-refractivity contribution in [3.63, 3.8) is 0 Å². The molecule has 2 rings (SSSR count). The van der Waals surface area contributed by atoms with Crippen LogP contribution >= 0.6 is 0 Å². The van der Waals surface area contributed by atoms with Gasteiger partial charge in [-0.2, -0.15) is 0 Å². The van der Waals surface area contributed by atoms with Crippen LogP contribution in [0.1, 0.15) is 46.0 Å². The fourth-order valence-electron chi connectivity index (χ4n) is 4.55. The summed E-state index contributed by atoms with van der Waals surface area (Å²) in [7, 11) is 0. The van der Waals surface area contributed by atoms with Crippen LogP contribution in [0.5, 0.6) is 0 Å². The van der Waals surface area contributed by atoms with E-state index < -0.39 is 36.4 Å². The number of nitrogens with two attached hydrogens (primary N) is 1. The van der Waals surface area contributed by atoms with Gasteiger partial charge >= 0.3 is 11.9 Å². The summed E-state index contributed by atoms with van der Waals surface area (Å²) in [5, 5.41) is 20.5. The molecule has 2 aliphatic rings. The van der Waals surface area contributed by atoms with E-state index in [1.807, 2.05) is 0 Å². The molecule has 2 saturated carbocycles. The molecule has 0 radical (unpaired) electrons. The number of carbonyl (C=O) groups excluding carboxylic acids is 1. The first-order valence-electron chi connectivity index (χ1n) is 8.13. The number of amides is 1. The van der Waals surface area contributed by atoms with Gasteiger partial charge in [0, 0.05) is 0 Å². The van der Waals surface area contributed by atoms with Crippen molar-refractivity contribution in [2.24, 2.45) is 28.9 Å². The molecular weight excluding hydrogens is 300 g/mol. The molecule has 2 bridgehead atoms. The van der Waals surface area contributed by atoms with Gasteiger partial charge in [0.05, 0.1) is 6.42 Å². The number of hydrogen-bond acceptors (Lipinski definition) is 4. The average molecular weight is 326 g/mol. The van der Waals surface area contributed by atoms with E-state index in [0.717, 1.165) is 12.8 Å². The van der Waals surface area contributed by atoms with Crippen LogP contribution in [-0.2, 0) is 14.4 Å². The van der Waals surface area contributed by atoms with E-state index in [1.54, 1.807) is 0 Å². The van der Waals surface area contributed by atoms with Crippen molar-refractivity contribution in [2.75, 3.05) is 0 Å². The minimum atomic E-state index is -1.31. The Morgan fingerprint density at radius 2 is 1.87 bits per heavy atom. The van der Waals surface area contributed by atoms with Gasteiger partial charge in [-0.15, -0.1) is 0 Å². The van der Waals surface area contributed by atoms with Gasteiger partial charge in [-0.25, -0.2) is 4.79 Å². The molecule has 0 saturated heterocycles. The van der Waals surface area contributed by atoms with Crippen molar-refractivity contribution in [1.82, 2.24) is 5.32 Å². The number of fused-ring (bicyclic) bond motifs is 2. The van der Waals surface area contributed by atoms with Gasteiger partial charge in [-0.05, 0) is 48.9 Å². The van der Waals surface area contributed by atoms with Gasteiger partial charge < -0.3 is 21.3 Å². The smallest absolute Gasteiger partial charge is 0.326 e. The van der Waals surface area contributed by atoms with E-state index in [0.29, 0.717) is 24.2 Å². The Bertz CT molecular complexity index is 505. The van der Waals surface area contributed by atoms with Gasteiger partial charge in [0.15, 0.2) is 0 Å². The highest BCUT2D eigenvalue weighted by Gasteiger charge is 2.53. The van der Waals surface area contributed by atoms with Gasteiger partial charge in [0.1, 0.15) is 12.1 Å². The molecule has 23 heavy (non-hydrogen) atoms. The number of carboxylic acids is 2. The van der Waals surface area contributed by atoms with Crippen LogP contribution in [0, 0.1) is 23.2 Å². The molecule has 1 amide bonds. The largest absolute Gasteiger partial charge is 0.480 e. The molecule has 0 aliphatic heterocycles. The van der Waals surface area contributed by atoms with Crippen LogP contribution in [0.4, 0.5) is 0 Å². The van der Waals surface area contributed by atoms with E-state index >= 15 is 0 Å². The summed E-state index contributed by atoms with van der Waals surface area (Å²) in [6, 6.07) is -2.30. The maximum absolute atomic E-state index is 11.8. The summed E-state index contributed by atoms with van der Waals surface area (Å²) >= 11 is 0. The summed E-state index contributed by atoms with van der Waals surface area (Å²) < 4.78 is 0. The second-order valence-electron chi connectivity index (χ2n) is 7.54. The zero-order valence-corrected chi connectivity index (χ0v) is 13.6. The molecule has 130 valence electrons. The van der Waals surface area contributed by atoms with Crippen LogP contribution in [0.25, 0.3) is 0 Å². The van der Waals surface area contributed by atoms with Gasteiger partial charge in [-0.1, -0.05) is 13.8 Å². The Morgan fingerprint density at radius 1 is 1.22 bits per heavy atom. The first kappa shape index (κ1) is 17.7. The van der Waals surface area contributed by atoms with E-state index in [2.05, 4.69) is 19.2 Å². The fraction of sp³-hybridized carbons (Fsp3) is 0.812. The molecule has 2 unspecified atom stereocenters. The highest BCUT2D eigenvalue weighted by Crippen LogP contribution is 2.61. The minimum absolute atomic E-state index is 0.239. The third kappa shape index (κ3) is 3.65. The first-order chi connectivity index (χ1) is 10.6. The predicted octanol–water partition coefficient (Wildman–Crippen LogP) is 0.820. The fourth-order valence-corrected chi connectivity index (χ4v) is 4.55. The normalized spacial score (nSPS) is 30.7. The minimum Gasteiger partial charge on any atom is -0.480 e. The Balaban J connectivity index is 1.94. The Hall–Kier alpha value is -1.63. The van der Waals surface area contributed by atoms with Crippen molar-refractivity contribution in [3.05, 3.63) is 0 Å². The zero-order valence-electron chi connectivity index (χ0n) is 13.6. The standard InChI is InChI=1S/C16H26N2O5/c1-16(2)9-3-4-10(16)8(5-9)6-12(15(22)23)18-13(19)7-11(17)14(20)21/h8-12H,3-7,17H2,1-2H3,(H,18,19)(H,20,21)(H,22,23)/t8-,9?,10?,11+,12+/m1/s1. The quantitative estimate of drug-likeness (QED) is 0.548. The Morgan fingerprint density at radius 3 is 2.30 bits per heavy atom. The highest BCUT2D eigenvalue weighted by molar-refractivity contribution is 5.87. The van der Waals surface area contributed by atoms with Crippen LogP contribution < -0.4 is 11.1 Å². The monoisotopic (exact) mass is 326 g/mol. The number of rotatable bonds is 7. The lowest BCUT2D eigenvalue weighted by molar-refractivity contribution is -0.143. The van der Waals surface area contributed by atoms with Crippen LogP contribution in [-0.4, -0.2) is 40.1 Å². The number of nitrogens with one attached hydrogen (secondary N) is 1. The lowest BCUT2D eigenvalue weighted by atomic mass is 9.78. The second-order valence-corrected chi connectivity index (χ2v) is 7.54. The maximum atomic E-state index is 11.8. The molecule has 2 aliphatic carbocycles. The summed E-state index contributed by atoms with van der Waals surface area (Å²) in [5.41, 5.74) is 5.55. The maximum Gasteiger partial charge on any atom is 0.326 e. The van der Waals surface area contributed by atoms with Crippen molar-refractivity contribution < 1.29 is 24.6 Å². The molecule has 5 N–H and O–H groups in total. The van der Waals surface area contributed by atoms with E-state index in [1.165, 1.54) is 6.42 Å². The number of aliphatic carboxylic acids is 2. The molecule has 0 spiro atoms. The summed E-state index contributed by atoms with van der Waals surface area (Å²) in [4.78, 5) is 33.9. The second kappa shape index (κ2) is 6.47. The van der Waals surface area contributed by atoms with Gasteiger partial charge in [0.25, 0.3) is 0 Å². The van der Waals surface area contributed by atoms with Gasteiger partial charge in [0.2, 0.25) is 5.91 Å². The molecule has 2 fully saturated rings. The van der Waals surface area contributed by atoms with Crippen LogP contribution in [0.15, 0.2) is 0 Å². The Labute approximate surface area is 135 Å². The molecule has 7 heteroatoms. The molecule has 0 aromatic rings.